The van der Waals surface area contributed by atoms with E-state index in [9.17, 15) is 0 Å². The van der Waals surface area contributed by atoms with E-state index in [1.165, 1.54) is 0 Å². The van der Waals surface area contributed by atoms with Crippen molar-refractivity contribution >= 4 is 21.6 Å². The number of halogens is 1. The van der Waals surface area contributed by atoms with E-state index in [4.69, 9.17) is 10.5 Å². The van der Waals surface area contributed by atoms with Gasteiger partial charge in [0.15, 0.2) is 0 Å². The highest BCUT2D eigenvalue weighted by Crippen LogP contribution is 2.27. The van der Waals surface area contributed by atoms with Gasteiger partial charge in [0.1, 0.15) is 0 Å². The van der Waals surface area contributed by atoms with Crippen molar-refractivity contribution < 1.29 is 4.74 Å². The molecule has 0 amide bonds. The number of nitrogens with zero attached hydrogens (tertiary/aromatic N) is 1. The van der Waals surface area contributed by atoms with Crippen LogP contribution in [0.25, 0.3) is 0 Å². The monoisotopic (exact) mass is 216 g/mol. The normalized spacial score (nSPS) is 9.73. The molecular formula is C7H9BrN2O. The Hall–Kier alpha value is -0.770. The number of methoxy groups -OCH3 is 1. The summed E-state index contributed by atoms with van der Waals surface area (Å²) in [5, 5.41) is 0. The van der Waals surface area contributed by atoms with Gasteiger partial charge in [0.25, 0.3) is 0 Å². The minimum Gasteiger partial charge on any atom is -0.480 e. The Bertz CT molecular complexity index is 275. The second kappa shape index (κ2) is 3.09. The molecule has 4 heteroatoms. The van der Waals surface area contributed by atoms with Crippen molar-refractivity contribution in [3.05, 3.63) is 16.2 Å². The van der Waals surface area contributed by atoms with Crippen molar-refractivity contribution in [2.75, 3.05) is 12.8 Å². The van der Waals surface area contributed by atoms with Crippen LogP contribution in [0, 0.1) is 6.92 Å². The summed E-state index contributed by atoms with van der Waals surface area (Å²) in [4.78, 5) is 3.96. The molecule has 0 aromatic carbocycles. The molecule has 0 saturated carbocycles. The van der Waals surface area contributed by atoms with Gasteiger partial charge in [-0.25, -0.2) is 4.98 Å². The quantitative estimate of drug-likeness (QED) is 0.779. The number of anilines is 1. The second-order valence-corrected chi connectivity index (χ2v) is 3.01. The van der Waals surface area contributed by atoms with E-state index in [0.717, 1.165) is 10.0 Å². The Morgan fingerprint density at radius 3 is 2.82 bits per heavy atom. The molecule has 0 fully saturated rings. The molecule has 0 radical (unpaired) electrons. The zero-order valence-electron chi connectivity index (χ0n) is 6.39. The molecule has 2 N–H and O–H groups in total. The summed E-state index contributed by atoms with van der Waals surface area (Å²) in [5.41, 5.74) is 7.22. The number of aromatic nitrogens is 1. The number of nitrogens with two attached hydrogens (primary N) is 1. The molecule has 0 aliphatic heterocycles. The van der Waals surface area contributed by atoms with E-state index < -0.39 is 0 Å². The Kier molecular flexibility index (Phi) is 2.34. The first-order valence-electron chi connectivity index (χ1n) is 3.11. The minimum absolute atomic E-state index is 0.478. The molecule has 0 spiro atoms. The van der Waals surface area contributed by atoms with Gasteiger partial charge < -0.3 is 10.5 Å². The first kappa shape index (κ1) is 8.33. The molecule has 1 aromatic heterocycles. The maximum absolute atomic E-state index is 5.68. The van der Waals surface area contributed by atoms with Crippen LogP contribution in [0.3, 0.4) is 0 Å². The third-order valence-electron chi connectivity index (χ3n) is 1.48. The molecule has 0 aliphatic carbocycles. The fourth-order valence-electron chi connectivity index (χ4n) is 0.733. The maximum atomic E-state index is 5.68. The van der Waals surface area contributed by atoms with Crippen molar-refractivity contribution in [3.63, 3.8) is 0 Å². The molecular weight excluding hydrogens is 208 g/mol. The fraction of sp³-hybridized carbons (Fsp3) is 0.286. The minimum atomic E-state index is 0.478. The molecule has 60 valence electrons. The summed E-state index contributed by atoms with van der Waals surface area (Å²) in [7, 11) is 1.55. The van der Waals surface area contributed by atoms with Gasteiger partial charge in [0, 0.05) is 10.7 Å². The Balaban J connectivity index is 3.25. The van der Waals surface area contributed by atoms with E-state index in [2.05, 4.69) is 20.9 Å². The number of rotatable bonds is 1. The van der Waals surface area contributed by atoms with E-state index in [1.807, 2.05) is 6.92 Å². The van der Waals surface area contributed by atoms with Crippen molar-refractivity contribution in [2.45, 2.75) is 6.92 Å². The molecule has 3 nitrogen and oxygen atoms in total. The molecule has 0 unspecified atom stereocenters. The lowest BCUT2D eigenvalue weighted by atomic mass is 10.2. The summed E-state index contributed by atoms with van der Waals surface area (Å²) in [5.74, 6) is 0.478. The van der Waals surface area contributed by atoms with E-state index in [-0.39, 0.29) is 0 Å². The van der Waals surface area contributed by atoms with Gasteiger partial charge in [-0.2, -0.15) is 0 Å². The molecule has 1 heterocycles. The van der Waals surface area contributed by atoms with Crippen molar-refractivity contribution in [2.24, 2.45) is 0 Å². The lowest BCUT2D eigenvalue weighted by molar-refractivity contribution is 0.400. The SMILES string of the molecule is COc1ncc(Br)c(C)c1N. The molecule has 0 aliphatic rings. The van der Waals surface area contributed by atoms with Gasteiger partial charge in [-0.3, -0.25) is 0 Å². The first-order valence-corrected chi connectivity index (χ1v) is 3.90. The zero-order valence-corrected chi connectivity index (χ0v) is 7.97. The second-order valence-electron chi connectivity index (χ2n) is 2.15. The Morgan fingerprint density at radius 2 is 2.27 bits per heavy atom. The predicted octanol–water partition coefficient (Wildman–Crippen LogP) is 1.74. The molecule has 0 bridgehead atoms. The van der Waals surface area contributed by atoms with Crippen LogP contribution >= 0.6 is 15.9 Å². The van der Waals surface area contributed by atoms with Crippen LogP contribution in [0.5, 0.6) is 5.88 Å². The number of pyridine rings is 1. The average molecular weight is 217 g/mol. The molecule has 0 atom stereocenters. The third kappa shape index (κ3) is 1.45. The highest BCUT2D eigenvalue weighted by Gasteiger charge is 2.05. The van der Waals surface area contributed by atoms with Crippen molar-refractivity contribution in [1.29, 1.82) is 0 Å². The highest BCUT2D eigenvalue weighted by atomic mass is 79.9. The summed E-state index contributed by atoms with van der Waals surface area (Å²) in [6.07, 6.45) is 1.67. The topological polar surface area (TPSA) is 48.1 Å². The van der Waals surface area contributed by atoms with Gasteiger partial charge in [-0.05, 0) is 28.4 Å². The van der Waals surface area contributed by atoms with Crippen LogP contribution in [0.2, 0.25) is 0 Å². The van der Waals surface area contributed by atoms with Gasteiger partial charge in [-0.1, -0.05) is 0 Å². The van der Waals surface area contributed by atoms with Crippen LogP contribution in [0.1, 0.15) is 5.56 Å². The number of hydrogen-bond acceptors (Lipinski definition) is 3. The van der Waals surface area contributed by atoms with Crippen LogP contribution in [-0.4, -0.2) is 12.1 Å². The fourth-order valence-corrected chi connectivity index (χ4v) is 1.05. The largest absolute Gasteiger partial charge is 0.480 e. The van der Waals surface area contributed by atoms with E-state index in [1.54, 1.807) is 13.3 Å². The summed E-state index contributed by atoms with van der Waals surface area (Å²) < 4.78 is 5.82. The zero-order chi connectivity index (χ0) is 8.43. The summed E-state index contributed by atoms with van der Waals surface area (Å²) in [6, 6.07) is 0. The van der Waals surface area contributed by atoms with Crippen LogP contribution in [0.15, 0.2) is 10.7 Å². The third-order valence-corrected chi connectivity index (χ3v) is 2.28. The maximum Gasteiger partial charge on any atom is 0.237 e. The summed E-state index contributed by atoms with van der Waals surface area (Å²) >= 11 is 3.31. The lowest BCUT2D eigenvalue weighted by Crippen LogP contribution is -1.98. The van der Waals surface area contributed by atoms with Crippen LogP contribution < -0.4 is 10.5 Å². The molecule has 1 aromatic rings. The predicted molar refractivity (Wildman–Crippen MR) is 47.6 cm³/mol. The smallest absolute Gasteiger partial charge is 0.237 e. The van der Waals surface area contributed by atoms with Crippen LogP contribution in [-0.2, 0) is 0 Å². The van der Waals surface area contributed by atoms with Crippen molar-refractivity contribution in [3.8, 4) is 5.88 Å². The van der Waals surface area contributed by atoms with Crippen molar-refractivity contribution in [1.82, 2.24) is 4.98 Å². The van der Waals surface area contributed by atoms with Gasteiger partial charge in [0.05, 0.1) is 12.8 Å². The Morgan fingerprint density at radius 1 is 1.64 bits per heavy atom. The number of hydrogen-bond donors (Lipinski definition) is 1. The van der Waals surface area contributed by atoms with Gasteiger partial charge in [-0.15, -0.1) is 0 Å². The van der Waals surface area contributed by atoms with Gasteiger partial charge >= 0.3 is 0 Å². The van der Waals surface area contributed by atoms with E-state index in [0.29, 0.717) is 11.6 Å². The standard InChI is InChI=1S/C7H9BrN2O/c1-4-5(8)3-10-7(11-2)6(4)9/h3H,9H2,1-2H3. The molecule has 1 rings (SSSR count). The molecule has 0 saturated heterocycles. The van der Waals surface area contributed by atoms with Gasteiger partial charge in [0.2, 0.25) is 5.88 Å². The van der Waals surface area contributed by atoms with E-state index >= 15 is 0 Å². The highest BCUT2D eigenvalue weighted by molar-refractivity contribution is 9.10. The van der Waals surface area contributed by atoms with Crippen LogP contribution in [0.4, 0.5) is 5.69 Å². The molecule has 11 heavy (non-hydrogen) atoms. The average Bonchev–Trinajstić information content (AvgIpc) is 2.01. The lowest BCUT2D eigenvalue weighted by Gasteiger charge is -2.06. The first-order chi connectivity index (χ1) is 5.16. The summed E-state index contributed by atoms with van der Waals surface area (Å²) in [6.45, 7) is 1.91. The number of nitrogen functional groups attached to an aromatic ring is 1. The number of ether oxygens (including phenoxy) is 1. The Labute approximate surface area is 73.7 Å².